The molecule has 0 radical (unpaired) electrons. The van der Waals surface area contributed by atoms with E-state index in [-0.39, 0.29) is 17.2 Å². The fraction of sp³-hybridized carbons (Fsp3) is 0.368. The molecule has 2 heterocycles. The summed E-state index contributed by atoms with van der Waals surface area (Å²) < 4.78 is 119. The smallest absolute Gasteiger partial charge is 0.231 e. The van der Waals surface area contributed by atoms with E-state index < -0.39 is 80.1 Å². The van der Waals surface area contributed by atoms with Crippen LogP contribution in [0.3, 0.4) is 0 Å². The van der Waals surface area contributed by atoms with Crippen LogP contribution in [-0.2, 0) is 0 Å². The van der Waals surface area contributed by atoms with Crippen LogP contribution >= 0.6 is 0 Å². The Kier molecular flexibility index (Phi) is 2.04. The first-order chi connectivity index (χ1) is 16.0. The minimum absolute atomic E-state index is 0.0102. The zero-order valence-corrected chi connectivity index (χ0v) is 12.3. The first kappa shape index (κ1) is 7.31. The molecule has 2 aromatic carbocycles. The predicted octanol–water partition coefficient (Wildman–Crippen LogP) is 3.33. The van der Waals surface area contributed by atoms with Gasteiger partial charge in [-0.25, -0.2) is 4.39 Å². The van der Waals surface area contributed by atoms with E-state index in [9.17, 15) is 4.39 Å². The number of ether oxygens (including phenoxy) is 3. The highest BCUT2D eigenvalue weighted by molar-refractivity contribution is 5.46. The third-order valence-corrected chi connectivity index (χ3v) is 3.51. The van der Waals surface area contributed by atoms with Gasteiger partial charge in [-0.3, -0.25) is 0 Å². The maximum Gasteiger partial charge on any atom is 0.231 e. The van der Waals surface area contributed by atoms with Gasteiger partial charge in [0.2, 0.25) is 6.75 Å². The zero-order valence-electron chi connectivity index (χ0n) is 23.3. The molecule has 126 valence electrons. The summed E-state index contributed by atoms with van der Waals surface area (Å²) >= 11 is 0. The Morgan fingerprint density at radius 3 is 3.00 bits per heavy atom. The highest BCUT2D eigenvalue weighted by Crippen LogP contribution is 2.36. The van der Waals surface area contributed by atoms with E-state index in [4.69, 9.17) is 29.3 Å². The van der Waals surface area contributed by atoms with E-state index in [0.29, 0.717) is 0 Å². The van der Waals surface area contributed by atoms with Crippen molar-refractivity contribution in [2.24, 2.45) is 5.89 Å². The summed E-state index contributed by atoms with van der Waals surface area (Å²) in [5, 5.41) is 2.31. The van der Waals surface area contributed by atoms with Gasteiger partial charge in [0, 0.05) is 25.3 Å². The van der Waals surface area contributed by atoms with Gasteiger partial charge in [-0.05, 0) is 48.6 Å². The van der Waals surface area contributed by atoms with Crippen LogP contribution in [0.4, 0.5) is 4.39 Å². The first-order valence-corrected chi connectivity index (χ1v) is 7.16. The van der Waals surface area contributed by atoms with Crippen LogP contribution in [0, 0.1) is 11.7 Å². The summed E-state index contributed by atoms with van der Waals surface area (Å²) in [6.45, 7) is -6.50. The Labute approximate surface area is 156 Å². The molecule has 2 aromatic rings. The van der Waals surface area contributed by atoms with Crippen molar-refractivity contribution in [2.75, 3.05) is 26.4 Å². The third-order valence-electron chi connectivity index (χ3n) is 3.51. The molecule has 0 bridgehead atoms. The highest BCUT2D eigenvalue weighted by Gasteiger charge is 2.27. The molecule has 0 spiro atoms. The molecule has 1 N–H and O–H groups in total. The van der Waals surface area contributed by atoms with E-state index in [1.807, 2.05) is 0 Å². The van der Waals surface area contributed by atoms with Gasteiger partial charge in [-0.15, -0.1) is 0 Å². The normalized spacial score (nSPS) is 38.4. The Balaban J connectivity index is 1.78. The van der Waals surface area contributed by atoms with E-state index in [0.717, 1.165) is 0 Å². The van der Waals surface area contributed by atoms with Crippen molar-refractivity contribution >= 4 is 0 Å². The van der Waals surface area contributed by atoms with E-state index in [2.05, 4.69) is 5.32 Å². The predicted molar refractivity (Wildman–Crippen MR) is 88.2 cm³/mol. The van der Waals surface area contributed by atoms with Crippen molar-refractivity contribution in [2.45, 2.75) is 12.3 Å². The number of nitrogens with one attached hydrogen (secondary N) is 1. The first-order valence-electron chi connectivity index (χ1n) is 12.7. The van der Waals surface area contributed by atoms with E-state index in [1.165, 1.54) is 18.2 Å². The molecule has 0 saturated carbocycles. The van der Waals surface area contributed by atoms with Gasteiger partial charge in [0.25, 0.3) is 0 Å². The van der Waals surface area contributed by atoms with E-state index in [1.54, 1.807) is 0 Å². The van der Waals surface area contributed by atoms with Crippen LogP contribution < -0.4 is 19.5 Å². The monoisotopic (exact) mass is 340 g/mol. The minimum atomic E-state index is -2.64. The average Bonchev–Trinajstić information content (AvgIpc) is 3.08. The fourth-order valence-electron chi connectivity index (χ4n) is 2.37. The molecular formula is C19H20FNO3. The number of hydrogen-bond acceptors (Lipinski definition) is 4. The molecule has 0 aromatic heterocycles. The lowest BCUT2D eigenvalue weighted by molar-refractivity contribution is 0.173. The molecule has 1 unspecified atom stereocenters. The number of piperidine rings is 1. The third kappa shape index (κ3) is 3.17. The highest BCUT2D eigenvalue weighted by atomic mass is 19.1. The second-order valence-electron chi connectivity index (χ2n) is 5.05. The van der Waals surface area contributed by atoms with Crippen molar-refractivity contribution in [1.82, 2.24) is 5.32 Å². The number of benzene rings is 2. The molecular weight excluding hydrogens is 309 g/mol. The average molecular weight is 340 g/mol. The Bertz CT molecular complexity index is 1170. The van der Waals surface area contributed by atoms with Gasteiger partial charge in [0.1, 0.15) is 14.3 Å². The summed E-state index contributed by atoms with van der Waals surface area (Å²) in [6.07, 6.45) is -2.45. The van der Waals surface area contributed by atoms with Gasteiger partial charge < -0.3 is 19.5 Å². The molecule has 2 aliphatic rings. The van der Waals surface area contributed by atoms with Crippen LogP contribution in [0.25, 0.3) is 0 Å². The topological polar surface area (TPSA) is 39.7 Å². The van der Waals surface area contributed by atoms with Crippen molar-refractivity contribution in [3.8, 4) is 17.2 Å². The van der Waals surface area contributed by atoms with Crippen molar-refractivity contribution in [1.29, 1.82) is 0 Å². The van der Waals surface area contributed by atoms with Crippen molar-refractivity contribution in [3.63, 3.8) is 0 Å². The van der Waals surface area contributed by atoms with Gasteiger partial charge in [0.15, 0.2) is 11.5 Å². The summed E-state index contributed by atoms with van der Waals surface area (Å²) in [4.78, 5) is 0. The van der Waals surface area contributed by atoms with Crippen molar-refractivity contribution < 1.29 is 33.7 Å². The number of hydrogen-bond donors (Lipinski definition) is 1. The number of rotatable bonds is 4. The molecule has 2 atom stereocenters. The van der Waals surface area contributed by atoms with Crippen LogP contribution in [0.1, 0.15) is 32.9 Å². The molecule has 4 rings (SSSR count). The Hall–Kier alpha value is -2.27. The molecule has 24 heavy (non-hydrogen) atoms. The molecule has 2 aliphatic heterocycles. The van der Waals surface area contributed by atoms with Crippen LogP contribution in [0.15, 0.2) is 42.4 Å². The minimum Gasteiger partial charge on any atom is -0.493 e. The second kappa shape index (κ2) is 6.69. The van der Waals surface area contributed by atoms with Gasteiger partial charge in [-0.1, -0.05) is 12.1 Å². The summed E-state index contributed by atoms with van der Waals surface area (Å²) in [5.74, 6) is -5.82. The number of fused-ring (bicyclic) bond motifs is 1. The van der Waals surface area contributed by atoms with Crippen LogP contribution in [-0.4, -0.2) is 26.4 Å². The van der Waals surface area contributed by atoms with Crippen LogP contribution in [0.2, 0.25) is 0 Å². The number of halogens is 1. The maximum atomic E-state index is 14.2. The van der Waals surface area contributed by atoms with Gasteiger partial charge >= 0.3 is 0 Å². The van der Waals surface area contributed by atoms with Gasteiger partial charge in [0.05, 0.1) is 12.1 Å². The second-order valence-corrected chi connectivity index (χ2v) is 5.05. The quantitative estimate of drug-likeness (QED) is 0.927. The van der Waals surface area contributed by atoms with Crippen LogP contribution in [0.5, 0.6) is 17.2 Å². The standard InChI is InChI=1S/C19H20FNO3/c20-15-3-1-13(2-4-15)17-7-8-21-10-14(17)11-22-16-5-6-18-19(9-16)24-12-23-18/h1-6,9,14,17,21H,7-8,10-12H2/t14?,17-/m0/s1/i1D,2D,3D,4D,7D2,10D2,12D2,14D. The lowest BCUT2D eigenvalue weighted by Gasteiger charge is -2.32. The Morgan fingerprint density at radius 2 is 2.12 bits per heavy atom. The molecule has 5 heteroatoms. The molecule has 0 aliphatic carbocycles. The SMILES string of the molecule is [2H]c1c([2H])c([C@@H]2C([2H])([2H])CNC([2H])([2H])C2([2H])COc2ccc3c(c2)OC([2H])([2H])O3)c([2H])c([2H])c1F. The lowest BCUT2D eigenvalue weighted by atomic mass is 9.81. The lowest BCUT2D eigenvalue weighted by Crippen LogP contribution is -2.38. The summed E-state index contributed by atoms with van der Waals surface area (Å²) in [7, 11) is 0. The molecule has 0 amide bonds. The summed E-state index contributed by atoms with van der Waals surface area (Å²) in [5.41, 5.74) is -0.630. The molecule has 1 saturated heterocycles. The summed E-state index contributed by atoms with van der Waals surface area (Å²) in [6, 6.07) is 0.00391. The molecule has 4 nitrogen and oxygen atoms in total. The van der Waals surface area contributed by atoms with Gasteiger partial charge in [-0.2, -0.15) is 0 Å². The largest absolute Gasteiger partial charge is 0.493 e. The van der Waals surface area contributed by atoms with Crippen molar-refractivity contribution in [3.05, 3.63) is 53.7 Å². The fourth-order valence-corrected chi connectivity index (χ4v) is 2.37. The Morgan fingerprint density at radius 1 is 1.29 bits per heavy atom. The zero-order chi connectivity index (χ0) is 26.1. The molecule has 1 fully saturated rings. The maximum absolute atomic E-state index is 14.2. The van der Waals surface area contributed by atoms with E-state index >= 15 is 0 Å².